The molecule has 0 heterocycles. The average Bonchev–Trinajstić information content (AvgIpc) is 2.05. The van der Waals surface area contributed by atoms with E-state index in [9.17, 15) is 9.46 Å². The van der Waals surface area contributed by atoms with E-state index in [-0.39, 0.29) is 6.61 Å². The van der Waals surface area contributed by atoms with Crippen LogP contribution in [-0.2, 0) is 18.3 Å². The number of phosphoric ester groups is 1. The van der Waals surface area contributed by atoms with Gasteiger partial charge in [0, 0.05) is 14.2 Å². The molecule has 0 aromatic carbocycles. The molecule has 13 heavy (non-hydrogen) atoms. The number of hydrogen-bond acceptors (Lipinski definition) is 5. The predicted molar refractivity (Wildman–Crippen MR) is 46.3 cm³/mol. The topological polar surface area (TPSA) is 67.8 Å². The van der Waals surface area contributed by atoms with Gasteiger partial charge in [0.15, 0.2) is 0 Å². The van der Waals surface area contributed by atoms with Crippen LogP contribution >= 0.6 is 7.82 Å². The van der Waals surface area contributed by atoms with Crippen molar-refractivity contribution in [1.82, 2.24) is 0 Å². The minimum absolute atomic E-state index is 0.253. The van der Waals surface area contributed by atoms with Gasteiger partial charge in [-0.05, 0) is 6.42 Å². The van der Waals surface area contributed by atoms with Crippen molar-refractivity contribution in [2.24, 2.45) is 0 Å². The first-order valence-electron chi connectivity index (χ1n) is 4.09. The second-order valence-corrected chi connectivity index (χ2v) is 4.07. The van der Waals surface area contributed by atoms with Crippen molar-refractivity contribution in [2.45, 2.75) is 25.9 Å². The summed E-state index contributed by atoms with van der Waals surface area (Å²) in [4.78, 5) is 10.9. The lowest BCUT2D eigenvalue weighted by Crippen LogP contribution is -2.21. The van der Waals surface area contributed by atoms with Gasteiger partial charge >= 0.3 is 0 Å². The van der Waals surface area contributed by atoms with Gasteiger partial charge < -0.3 is 18.7 Å². The third-order valence-electron chi connectivity index (χ3n) is 1.46. The van der Waals surface area contributed by atoms with E-state index < -0.39 is 13.9 Å². The highest BCUT2D eigenvalue weighted by Gasteiger charge is 2.15. The predicted octanol–water partition coefficient (Wildman–Crippen LogP) is 0.933. The molecule has 6 heteroatoms. The number of ether oxygens (including phenoxy) is 1. The maximum atomic E-state index is 10.9. The molecule has 0 bridgehead atoms. The van der Waals surface area contributed by atoms with Gasteiger partial charge in [-0.2, -0.15) is 0 Å². The number of methoxy groups -OCH3 is 1. The lowest BCUT2D eigenvalue weighted by Gasteiger charge is -2.26. The SMILES string of the molecule is CCCC(COC)OP(=O)([O-])OC. The molecule has 0 aliphatic rings. The molecule has 0 spiro atoms. The highest BCUT2D eigenvalue weighted by atomic mass is 31.2. The Hall–Kier alpha value is 0.0700. The van der Waals surface area contributed by atoms with Crippen LogP contribution in [0.5, 0.6) is 0 Å². The fraction of sp³-hybridized carbons (Fsp3) is 1.00. The quantitative estimate of drug-likeness (QED) is 0.586. The summed E-state index contributed by atoms with van der Waals surface area (Å²) in [5.74, 6) is 0. The molecule has 0 amide bonds. The lowest BCUT2D eigenvalue weighted by atomic mass is 10.2. The molecule has 0 rings (SSSR count). The van der Waals surface area contributed by atoms with Crippen LogP contribution in [-0.4, -0.2) is 26.9 Å². The van der Waals surface area contributed by atoms with Crippen LogP contribution in [0.1, 0.15) is 19.8 Å². The Balaban J connectivity index is 4.00. The van der Waals surface area contributed by atoms with Crippen LogP contribution in [0.15, 0.2) is 0 Å². The van der Waals surface area contributed by atoms with Crippen LogP contribution < -0.4 is 4.89 Å². The number of phosphoric acid groups is 1. The maximum Gasteiger partial charge on any atom is 0.267 e. The smallest absolute Gasteiger partial charge is 0.267 e. The van der Waals surface area contributed by atoms with Gasteiger partial charge in [0.2, 0.25) is 0 Å². The Morgan fingerprint density at radius 3 is 2.46 bits per heavy atom. The second kappa shape index (κ2) is 6.51. The van der Waals surface area contributed by atoms with Crippen molar-refractivity contribution < 1.29 is 23.2 Å². The highest BCUT2D eigenvalue weighted by molar-refractivity contribution is 7.45. The number of hydrogen-bond donors (Lipinski definition) is 0. The molecule has 0 saturated heterocycles. The van der Waals surface area contributed by atoms with Crippen LogP contribution in [0.25, 0.3) is 0 Å². The first-order valence-corrected chi connectivity index (χ1v) is 5.56. The molecular weight excluding hydrogens is 195 g/mol. The Morgan fingerprint density at radius 2 is 2.08 bits per heavy atom. The first kappa shape index (κ1) is 13.1. The first-order chi connectivity index (χ1) is 6.05. The van der Waals surface area contributed by atoms with Gasteiger partial charge in [0.25, 0.3) is 7.82 Å². The van der Waals surface area contributed by atoms with Crippen molar-refractivity contribution in [3.05, 3.63) is 0 Å². The van der Waals surface area contributed by atoms with Gasteiger partial charge in [-0.25, -0.2) is 0 Å². The summed E-state index contributed by atoms with van der Waals surface area (Å²) < 4.78 is 24.6. The van der Waals surface area contributed by atoms with E-state index in [1.807, 2.05) is 6.92 Å². The molecule has 0 aromatic heterocycles. The molecule has 0 aliphatic carbocycles. The molecular formula is C7H16O5P-. The summed E-state index contributed by atoms with van der Waals surface area (Å²) >= 11 is 0. The van der Waals surface area contributed by atoms with Gasteiger partial charge in [-0.15, -0.1) is 0 Å². The Bertz CT molecular complexity index is 166. The summed E-state index contributed by atoms with van der Waals surface area (Å²) in [5.41, 5.74) is 0. The van der Waals surface area contributed by atoms with E-state index in [1.54, 1.807) is 0 Å². The van der Waals surface area contributed by atoms with E-state index in [4.69, 9.17) is 9.26 Å². The van der Waals surface area contributed by atoms with Crippen molar-refractivity contribution in [1.29, 1.82) is 0 Å². The van der Waals surface area contributed by atoms with Crippen molar-refractivity contribution in [3.8, 4) is 0 Å². The van der Waals surface area contributed by atoms with Crippen molar-refractivity contribution in [2.75, 3.05) is 20.8 Å². The molecule has 5 nitrogen and oxygen atoms in total. The molecule has 2 atom stereocenters. The molecule has 0 saturated carbocycles. The summed E-state index contributed by atoms with van der Waals surface area (Å²) in [5, 5.41) is 0. The van der Waals surface area contributed by atoms with E-state index in [2.05, 4.69) is 4.52 Å². The zero-order chi connectivity index (χ0) is 10.3. The zero-order valence-electron chi connectivity index (χ0n) is 8.19. The Kier molecular flexibility index (Phi) is 6.55. The summed E-state index contributed by atoms with van der Waals surface area (Å²) in [6.45, 7) is 2.19. The van der Waals surface area contributed by atoms with Crippen LogP contribution in [0.4, 0.5) is 0 Å². The van der Waals surface area contributed by atoms with Gasteiger partial charge in [-0.3, -0.25) is 4.57 Å². The van der Waals surface area contributed by atoms with E-state index in [0.29, 0.717) is 6.42 Å². The average molecular weight is 211 g/mol. The summed E-state index contributed by atoms with van der Waals surface area (Å²) in [6, 6.07) is 0. The molecule has 80 valence electrons. The lowest BCUT2D eigenvalue weighted by molar-refractivity contribution is -0.228. The molecule has 0 N–H and O–H groups in total. The fourth-order valence-corrected chi connectivity index (χ4v) is 1.52. The summed E-state index contributed by atoms with van der Waals surface area (Å²) in [6.07, 6.45) is 1.01. The van der Waals surface area contributed by atoms with Gasteiger partial charge in [0.05, 0.1) is 12.7 Å². The van der Waals surface area contributed by atoms with Crippen LogP contribution in [0, 0.1) is 0 Å². The minimum atomic E-state index is -4.12. The largest absolute Gasteiger partial charge is 0.756 e. The Labute approximate surface area is 78.6 Å². The zero-order valence-corrected chi connectivity index (χ0v) is 9.08. The van der Waals surface area contributed by atoms with Crippen LogP contribution in [0.2, 0.25) is 0 Å². The molecule has 0 fully saturated rings. The highest BCUT2D eigenvalue weighted by Crippen LogP contribution is 2.39. The third kappa shape index (κ3) is 6.18. The molecule has 0 aliphatic heterocycles. The van der Waals surface area contributed by atoms with E-state index in [0.717, 1.165) is 13.5 Å². The normalized spacial score (nSPS) is 18.2. The summed E-state index contributed by atoms with van der Waals surface area (Å²) in [7, 11) is -1.55. The molecule has 2 unspecified atom stereocenters. The standard InChI is InChI=1S/C7H17O5P/c1-4-5-7(6-10-2)12-13(8,9)11-3/h7H,4-6H2,1-3H3,(H,8,9)/p-1. The number of rotatable bonds is 7. The van der Waals surface area contributed by atoms with Gasteiger partial charge in [-0.1, -0.05) is 13.3 Å². The van der Waals surface area contributed by atoms with Crippen molar-refractivity contribution >= 4 is 7.82 Å². The van der Waals surface area contributed by atoms with Crippen LogP contribution in [0.3, 0.4) is 0 Å². The molecule has 0 radical (unpaired) electrons. The third-order valence-corrected chi connectivity index (χ3v) is 2.47. The minimum Gasteiger partial charge on any atom is -0.756 e. The molecule has 0 aromatic rings. The van der Waals surface area contributed by atoms with Gasteiger partial charge in [0.1, 0.15) is 0 Å². The monoisotopic (exact) mass is 211 g/mol. The second-order valence-electron chi connectivity index (χ2n) is 2.60. The fourth-order valence-electron chi connectivity index (χ4n) is 0.900. The van der Waals surface area contributed by atoms with Crippen molar-refractivity contribution in [3.63, 3.8) is 0 Å². The van der Waals surface area contributed by atoms with E-state index in [1.165, 1.54) is 7.11 Å². The van der Waals surface area contributed by atoms with E-state index >= 15 is 0 Å². The Morgan fingerprint density at radius 1 is 1.46 bits per heavy atom. The maximum absolute atomic E-state index is 10.9.